The molecule has 0 aromatic carbocycles. The lowest BCUT2D eigenvalue weighted by atomic mass is 9.99. The van der Waals surface area contributed by atoms with Gasteiger partial charge in [0.1, 0.15) is 48.3 Å². The van der Waals surface area contributed by atoms with Gasteiger partial charge in [-0.25, -0.2) is 9.78 Å². The van der Waals surface area contributed by atoms with Crippen molar-refractivity contribution in [2.75, 3.05) is 18.9 Å². The van der Waals surface area contributed by atoms with Crippen LogP contribution in [0.15, 0.2) is 17.5 Å². The fourth-order valence-electron chi connectivity index (χ4n) is 5.53. The number of nitrogens with zero attached hydrogens (tertiary/aromatic N) is 2. The fraction of sp³-hybridized carbons (Fsp3) is 0.639. The molecule has 25 nitrogen and oxygen atoms in total. The quantitative estimate of drug-likeness (QED) is 0.0161. The molecule has 0 aliphatic rings. The monoisotopic (exact) mass is 898 g/mol. The van der Waals surface area contributed by atoms with E-state index >= 15 is 0 Å². The van der Waals surface area contributed by atoms with E-state index < -0.39 is 121 Å². The molecule has 18 N–H and O–H groups in total. The number of aliphatic carboxylic acids is 1. The standard InChI is InChI=1S/C36H62N14O11S/c1-16(2)9-22(31(56)49-25(14-62)33(58)46-23(11-26(38)52)32(57)48-24(35(60)61)10-19-12-41-15-43-19)47-34(59)27(17(3)4)50-30(55)21(7-6-8-42-36(39)40)45-28(53)18(5)44-29(54)20(37)13-51/h12,15-18,20-25,27,51,62H,6-11,13-14,37H2,1-5H3,(H2,38,52)(H,41,43)(H,44,54)(H,45,53)(H,46,58)(H,47,59)(H,48,57)(H,49,56)(H,50,55)(H,60,61)(H4,39,40,42)/t18-,20-,21-,22-,23-,24-,25-,27-/m0/s1. The Labute approximate surface area is 363 Å². The second-order valence-electron chi connectivity index (χ2n) is 15.1. The predicted octanol–water partition coefficient (Wildman–Crippen LogP) is -5.67. The maximum absolute atomic E-state index is 13.8. The third-order valence-electron chi connectivity index (χ3n) is 8.90. The third-order valence-corrected chi connectivity index (χ3v) is 9.26. The van der Waals surface area contributed by atoms with Gasteiger partial charge in [0, 0.05) is 30.6 Å². The number of aliphatic hydroxyl groups excluding tert-OH is 1. The molecular weight excluding hydrogens is 837 g/mol. The molecule has 62 heavy (non-hydrogen) atoms. The molecule has 0 radical (unpaired) electrons. The van der Waals surface area contributed by atoms with Crippen molar-refractivity contribution in [3.8, 4) is 0 Å². The number of aliphatic hydroxyl groups is 1. The normalized spacial score (nSPS) is 14.9. The molecule has 8 atom stereocenters. The first-order valence-corrected chi connectivity index (χ1v) is 20.3. The lowest BCUT2D eigenvalue weighted by Gasteiger charge is -2.29. The first kappa shape index (κ1) is 54.0. The maximum Gasteiger partial charge on any atom is 0.326 e. The number of nitrogens with two attached hydrogens (primary N) is 4. The van der Waals surface area contributed by atoms with Crippen LogP contribution in [-0.2, 0) is 49.6 Å². The number of guanidine groups is 1. The summed E-state index contributed by atoms with van der Waals surface area (Å²) in [5, 5.41) is 35.9. The summed E-state index contributed by atoms with van der Waals surface area (Å²) in [6.07, 6.45) is 1.95. The topological polar surface area (TPSA) is 423 Å². The number of amides is 8. The fourth-order valence-corrected chi connectivity index (χ4v) is 5.79. The highest BCUT2D eigenvalue weighted by atomic mass is 32.1. The van der Waals surface area contributed by atoms with Crippen molar-refractivity contribution >= 4 is 71.8 Å². The molecule has 0 spiro atoms. The highest BCUT2D eigenvalue weighted by molar-refractivity contribution is 7.80. The zero-order valence-electron chi connectivity index (χ0n) is 35.3. The Balaban J connectivity index is 3.22. The number of imidazole rings is 1. The van der Waals surface area contributed by atoms with Crippen LogP contribution in [0, 0.1) is 11.8 Å². The van der Waals surface area contributed by atoms with Gasteiger partial charge in [0.05, 0.1) is 19.4 Å². The van der Waals surface area contributed by atoms with E-state index in [4.69, 9.17) is 28.0 Å². The number of H-pyrrole nitrogens is 1. The van der Waals surface area contributed by atoms with Crippen molar-refractivity contribution in [3.63, 3.8) is 0 Å². The van der Waals surface area contributed by atoms with E-state index in [1.54, 1.807) is 27.7 Å². The van der Waals surface area contributed by atoms with Gasteiger partial charge in [0.15, 0.2) is 5.96 Å². The van der Waals surface area contributed by atoms with Crippen LogP contribution in [0.1, 0.15) is 66.0 Å². The van der Waals surface area contributed by atoms with Gasteiger partial charge in [0.2, 0.25) is 47.3 Å². The van der Waals surface area contributed by atoms with Gasteiger partial charge in [-0.05, 0) is 38.0 Å². The number of hydrogen-bond acceptors (Lipinski definition) is 14. The van der Waals surface area contributed by atoms with Crippen LogP contribution in [0.5, 0.6) is 0 Å². The number of nitrogens with one attached hydrogen (secondary N) is 8. The van der Waals surface area contributed by atoms with Gasteiger partial charge in [-0.1, -0.05) is 27.7 Å². The summed E-state index contributed by atoms with van der Waals surface area (Å²) < 4.78 is 0. The Hall–Kier alpha value is -6.02. The van der Waals surface area contributed by atoms with E-state index in [0.717, 1.165) is 0 Å². The van der Waals surface area contributed by atoms with Crippen molar-refractivity contribution < 1.29 is 53.4 Å². The largest absolute Gasteiger partial charge is 0.480 e. The highest BCUT2D eigenvalue weighted by Gasteiger charge is 2.35. The van der Waals surface area contributed by atoms with E-state index in [0.29, 0.717) is 5.69 Å². The number of carbonyl (C=O) groups is 9. The number of aliphatic imine (C=N–C) groups is 1. The van der Waals surface area contributed by atoms with E-state index in [2.05, 4.69) is 64.8 Å². The zero-order chi connectivity index (χ0) is 47.3. The van der Waals surface area contributed by atoms with Crippen LogP contribution in [0.4, 0.5) is 0 Å². The molecule has 1 rings (SSSR count). The molecule has 348 valence electrons. The molecule has 0 saturated carbocycles. The Morgan fingerprint density at radius 3 is 1.81 bits per heavy atom. The van der Waals surface area contributed by atoms with Crippen molar-refractivity contribution in [1.29, 1.82) is 0 Å². The minimum absolute atomic E-state index is 0.0174. The number of carboxylic acid groups (broad SMARTS) is 1. The van der Waals surface area contributed by atoms with Crippen LogP contribution >= 0.6 is 12.6 Å². The molecule has 0 aliphatic heterocycles. The Kier molecular flexibility index (Phi) is 23.5. The Bertz CT molecular complexity index is 1730. The molecule has 1 heterocycles. The van der Waals surface area contributed by atoms with Gasteiger partial charge in [-0.3, -0.25) is 43.3 Å². The van der Waals surface area contributed by atoms with Gasteiger partial charge in [0.25, 0.3) is 0 Å². The highest BCUT2D eigenvalue weighted by Crippen LogP contribution is 2.11. The molecule has 0 fully saturated rings. The van der Waals surface area contributed by atoms with E-state index in [1.165, 1.54) is 19.4 Å². The molecule has 0 saturated heterocycles. The van der Waals surface area contributed by atoms with Gasteiger partial charge in [-0.15, -0.1) is 0 Å². The van der Waals surface area contributed by atoms with Crippen LogP contribution in [0.25, 0.3) is 0 Å². The summed E-state index contributed by atoms with van der Waals surface area (Å²) in [7, 11) is 0. The van der Waals surface area contributed by atoms with E-state index in [1.807, 2.05) is 0 Å². The van der Waals surface area contributed by atoms with Crippen LogP contribution < -0.4 is 60.2 Å². The van der Waals surface area contributed by atoms with E-state index in [-0.39, 0.29) is 49.9 Å². The Morgan fingerprint density at radius 2 is 1.29 bits per heavy atom. The number of thiol groups is 1. The van der Waals surface area contributed by atoms with E-state index in [9.17, 15) is 48.3 Å². The van der Waals surface area contributed by atoms with Crippen molar-refractivity contribution in [3.05, 3.63) is 18.2 Å². The SMILES string of the molecule is CC(C)C[C@H](NC(=O)[C@@H](NC(=O)[C@H](CCCN=C(N)N)NC(=O)[C@H](C)NC(=O)[C@@H](N)CO)C(C)C)C(=O)N[C@@H](CS)C(=O)N[C@@H](CC(N)=O)C(=O)N[C@@H](Cc1cnc[nH]1)C(=O)O. The van der Waals surface area contributed by atoms with Gasteiger partial charge < -0.3 is 75.3 Å². The molecule has 0 unspecified atom stereocenters. The molecule has 26 heteroatoms. The minimum Gasteiger partial charge on any atom is -0.480 e. The number of aromatic nitrogens is 2. The molecule has 0 aliphatic carbocycles. The summed E-state index contributed by atoms with van der Waals surface area (Å²) in [4.78, 5) is 127. The lowest BCUT2D eigenvalue weighted by Crippen LogP contribution is -2.61. The summed E-state index contributed by atoms with van der Waals surface area (Å²) in [5.41, 5.74) is 22.0. The van der Waals surface area contributed by atoms with Crippen molar-refractivity contribution in [1.82, 2.24) is 47.2 Å². The Morgan fingerprint density at radius 1 is 0.742 bits per heavy atom. The average Bonchev–Trinajstić information content (AvgIpc) is 3.71. The number of carboxylic acids is 1. The van der Waals surface area contributed by atoms with Gasteiger partial charge >= 0.3 is 5.97 Å². The second-order valence-corrected chi connectivity index (χ2v) is 15.5. The third kappa shape index (κ3) is 19.6. The molecule has 0 bridgehead atoms. The minimum atomic E-state index is -1.66. The average molecular weight is 899 g/mol. The summed E-state index contributed by atoms with van der Waals surface area (Å²) >= 11 is 4.16. The number of primary amides is 1. The molecule has 1 aromatic rings. The van der Waals surface area contributed by atoms with Crippen molar-refractivity contribution in [2.24, 2.45) is 39.8 Å². The summed E-state index contributed by atoms with van der Waals surface area (Å²) in [6, 6.07) is -10.9. The zero-order valence-corrected chi connectivity index (χ0v) is 36.2. The maximum atomic E-state index is 13.8. The summed E-state index contributed by atoms with van der Waals surface area (Å²) in [6.45, 7) is 7.50. The van der Waals surface area contributed by atoms with Crippen LogP contribution in [0.2, 0.25) is 0 Å². The number of carbonyl (C=O) groups excluding carboxylic acids is 8. The number of aromatic amines is 1. The van der Waals surface area contributed by atoms with Crippen LogP contribution in [-0.4, -0.2) is 147 Å². The smallest absolute Gasteiger partial charge is 0.326 e. The first-order chi connectivity index (χ1) is 29.0. The summed E-state index contributed by atoms with van der Waals surface area (Å²) in [5.74, 6) is -9.84. The first-order valence-electron chi connectivity index (χ1n) is 19.6. The number of hydrogen-bond donors (Lipinski definition) is 15. The molecule has 8 amide bonds. The van der Waals surface area contributed by atoms with Crippen molar-refractivity contribution in [2.45, 2.75) is 115 Å². The van der Waals surface area contributed by atoms with Gasteiger partial charge in [-0.2, -0.15) is 12.6 Å². The molecule has 1 aromatic heterocycles. The second kappa shape index (κ2) is 27.0. The number of rotatable bonds is 28. The predicted molar refractivity (Wildman–Crippen MR) is 226 cm³/mol. The lowest BCUT2D eigenvalue weighted by molar-refractivity contribution is -0.142. The molecular formula is C36H62N14O11S. The van der Waals surface area contributed by atoms with Crippen LogP contribution in [0.3, 0.4) is 0 Å².